The minimum Gasteiger partial charge on any atom is -0.395 e. The largest absolute Gasteiger partial charge is 0.395 e. The van der Waals surface area contributed by atoms with E-state index in [0.29, 0.717) is 31.7 Å². The summed E-state index contributed by atoms with van der Waals surface area (Å²) in [4.78, 5) is 15.2. The molecule has 2 N–H and O–H groups in total. The summed E-state index contributed by atoms with van der Waals surface area (Å²) in [6.07, 6.45) is 0.819. The topological polar surface area (TPSA) is 90.0 Å². The maximum absolute atomic E-state index is 13.2. The normalized spacial score (nSPS) is 17.1. The van der Waals surface area contributed by atoms with E-state index >= 15 is 0 Å². The van der Waals surface area contributed by atoms with Gasteiger partial charge in [0.1, 0.15) is 0 Å². The number of hydrogen-bond acceptors (Lipinski definition) is 5. The van der Waals surface area contributed by atoms with Crippen molar-refractivity contribution < 1.29 is 18.3 Å². The average molecular weight is 460 g/mol. The molecule has 0 unspecified atom stereocenters. The van der Waals surface area contributed by atoms with Crippen molar-refractivity contribution >= 4 is 15.9 Å². The highest BCUT2D eigenvalue weighted by molar-refractivity contribution is 7.89. The first-order valence-corrected chi connectivity index (χ1v) is 12.5. The van der Waals surface area contributed by atoms with Crippen LogP contribution >= 0.6 is 0 Å². The van der Waals surface area contributed by atoms with Crippen molar-refractivity contribution in [1.29, 1.82) is 0 Å². The van der Waals surface area contributed by atoms with Crippen LogP contribution in [-0.2, 0) is 15.6 Å². The lowest BCUT2D eigenvalue weighted by atomic mass is 9.94. The molecule has 7 nitrogen and oxygen atoms in total. The van der Waals surface area contributed by atoms with Gasteiger partial charge in [-0.25, -0.2) is 8.42 Å². The van der Waals surface area contributed by atoms with Gasteiger partial charge in [0.25, 0.3) is 5.91 Å². The van der Waals surface area contributed by atoms with Gasteiger partial charge in [0.15, 0.2) is 0 Å². The summed E-state index contributed by atoms with van der Waals surface area (Å²) >= 11 is 0. The lowest BCUT2D eigenvalue weighted by Crippen LogP contribution is -2.52. The van der Waals surface area contributed by atoms with Crippen molar-refractivity contribution in [3.63, 3.8) is 0 Å². The standard InChI is InChI=1S/C24H33N3O4S/c1-4-21(18-28)26-13-15-27(16-14-26)32(30,31)22-12-8-9-19(17-22)23(29)25-24(2,3)20-10-6-5-7-11-20/h5-12,17,21,28H,4,13-16,18H2,1-3H3,(H,25,29)/t21-/m0/s1. The molecule has 2 aromatic carbocycles. The van der Waals surface area contributed by atoms with E-state index in [1.165, 1.54) is 16.4 Å². The van der Waals surface area contributed by atoms with Crippen LogP contribution in [0.15, 0.2) is 59.5 Å². The monoisotopic (exact) mass is 459 g/mol. The molecule has 1 fully saturated rings. The fourth-order valence-corrected chi connectivity index (χ4v) is 5.51. The van der Waals surface area contributed by atoms with Crippen LogP contribution in [0.2, 0.25) is 0 Å². The smallest absolute Gasteiger partial charge is 0.251 e. The Bertz CT molecular complexity index is 1010. The van der Waals surface area contributed by atoms with Crippen LogP contribution < -0.4 is 5.32 Å². The highest BCUT2D eigenvalue weighted by Crippen LogP contribution is 2.23. The van der Waals surface area contributed by atoms with E-state index in [1.807, 2.05) is 51.1 Å². The number of sulfonamides is 1. The Balaban J connectivity index is 1.73. The number of benzene rings is 2. The van der Waals surface area contributed by atoms with Crippen molar-refractivity contribution in [2.75, 3.05) is 32.8 Å². The molecule has 0 bridgehead atoms. The molecule has 3 rings (SSSR count). The second kappa shape index (κ2) is 10.1. The van der Waals surface area contributed by atoms with E-state index in [1.54, 1.807) is 12.1 Å². The number of carbonyl (C=O) groups is 1. The zero-order valence-electron chi connectivity index (χ0n) is 19.0. The highest BCUT2D eigenvalue weighted by Gasteiger charge is 2.31. The second-order valence-electron chi connectivity index (χ2n) is 8.66. The molecule has 0 saturated carbocycles. The van der Waals surface area contributed by atoms with Crippen molar-refractivity contribution in [1.82, 2.24) is 14.5 Å². The number of amides is 1. The van der Waals surface area contributed by atoms with Crippen LogP contribution in [0.3, 0.4) is 0 Å². The number of carbonyl (C=O) groups excluding carboxylic acids is 1. The molecule has 0 aliphatic carbocycles. The predicted octanol–water partition coefficient (Wildman–Crippen LogP) is 2.43. The van der Waals surface area contributed by atoms with E-state index in [2.05, 4.69) is 10.2 Å². The van der Waals surface area contributed by atoms with Crippen molar-refractivity contribution in [3.05, 3.63) is 65.7 Å². The van der Waals surface area contributed by atoms with Gasteiger partial charge in [0, 0.05) is 37.8 Å². The molecule has 1 saturated heterocycles. The second-order valence-corrected chi connectivity index (χ2v) is 10.6. The summed E-state index contributed by atoms with van der Waals surface area (Å²) in [5.41, 5.74) is 0.662. The molecule has 0 spiro atoms. The van der Waals surface area contributed by atoms with Crippen LogP contribution in [0.25, 0.3) is 0 Å². The summed E-state index contributed by atoms with van der Waals surface area (Å²) in [5.74, 6) is -0.325. The van der Waals surface area contributed by atoms with Gasteiger partial charge >= 0.3 is 0 Å². The molecule has 174 valence electrons. The maximum atomic E-state index is 13.2. The van der Waals surface area contributed by atoms with E-state index in [0.717, 1.165) is 12.0 Å². The summed E-state index contributed by atoms with van der Waals surface area (Å²) in [6, 6.07) is 15.9. The molecule has 1 aliphatic rings. The van der Waals surface area contributed by atoms with E-state index in [-0.39, 0.29) is 23.5 Å². The van der Waals surface area contributed by atoms with Gasteiger partial charge in [0.2, 0.25) is 10.0 Å². The minimum atomic E-state index is -3.71. The number of aliphatic hydroxyl groups is 1. The van der Waals surface area contributed by atoms with E-state index in [9.17, 15) is 18.3 Å². The van der Waals surface area contributed by atoms with Gasteiger partial charge in [-0.3, -0.25) is 9.69 Å². The van der Waals surface area contributed by atoms with E-state index in [4.69, 9.17) is 0 Å². The van der Waals surface area contributed by atoms with Crippen LogP contribution in [0, 0.1) is 0 Å². The number of hydrogen-bond donors (Lipinski definition) is 2. The molecule has 1 amide bonds. The van der Waals surface area contributed by atoms with Gasteiger partial charge in [-0.2, -0.15) is 4.31 Å². The number of nitrogens with zero attached hydrogens (tertiary/aromatic N) is 2. The molecule has 0 aromatic heterocycles. The first kappa shape index (κ1) is 24.4. The van der Waals surface area contributed by atoms with Crippen LogP contribution in [0.4, 0.5) is 0 Å². The number of piperazine rings is 1. The lowest BCUT2D eigenvalue weighted by Gasteiger charge is -2.37. The fraction of sp³-hybridized carbons (Fsp3) is 0.458. The summed E-state index contributed by atoms with van der Waals surface area (Å²) in [5, 5.41) is 12.5. The fourth-order valence-electron chi connectivity index (χ4n) is 4.04. The zero-order valence-corrected chi connectivity index (χ0v) is 19.8. The van der Waals surface area contributed by atoms with Crippen molar-refractivity contribution in [2.24, 2.45) is 0 Å². The van der Waals surface area contributed by atoms with Crippen molar-refractivity contribution in [2.45, 2.75) is 43.7 Å². The summed E-state index contributed by atoms with van der Waals surface area (Å²) in [7, 11) is -3.71. The Labute approximate surface area is 191 Å². The first-order chi connectivity index (χ1) is 15.2. The molecule has 1 aliphatic heterocycles. The Morgan fingerprint density at radius 3 is 2.31 bits per heavy atom. The quantitative estimate of drug-likeness (QED) is 0.633. The van der Waals surface area contributed by atoms with Gasteiger partial charge in [0.05, 0.1) is 17.0 Å². The lowest BCUT2D eigenvalue weighted by molar-refractivity contribution is 0.0881. The third kappa shape index (κ3) is 5.38. The Morgan fingerprint density at radius 1 is 1.06 bits per heavy atom. The van der Waals surface area contributed by atoms with Gasteiger partial charge in [-0.05, 0) is 44.0 Å². The van der Waals surface area contributed by atoms with Gasteiger partial charge in [-0.1, -0.05) is 43.3 Å². The highest BCUT2D eigenvalue weighted by atomic mass is 32.2. The van der Waals surface area contributed by atoms with Crippen LogP contribution in [0.1, 0.15) is 43.1 Å². The molecule has 8 heteroatoms. The molecule has 2 aromatic rings. The van der Waals surface area contributed by atoms with Crippen LogP contribution in [0.5, 0.6) is 0 Å². The molecule has 0 radical (unpaired) electrons. The third-order valence-electron chi connectivity index (χ3n) is 6.13. The molecule has 32 heavy (non-hydrogen) atoms. The van der Waals surface area contributed by atoms with Crippen LogP contribution in [-0.4, -0.2) is 67.5 Å². The van der Waals surface area contributed by atoms with Gasteiger partial charge < -0.3 is 10.4 Å². The maximum Gasteiger partial charge on any atom is 0.251 e. The minimum absolute atomic E-state index is 0.0554. The number of nitrogens with one attached hydrogen (secondary N) is 1. The number of aliphatic hydroxyl groups excluding tert-OH is 1. The van der Waals surface area contributed by atoms with Crippen molar-refractivity contribution in [3.8, 4) is 0 Å². The Hall–Kier alpha value is -2.26. The predicted molar refractivity (Wildman–Crippen MR) is 125 cm³/mol. The molecule has 1 atom stereocenters. The first-order valence-electron chi connectivity index (χ1n) is 11.0. The van der Waals surface area contributed by atoms with Gasteiger partial charge in [-0.15, -0.1) is 0 Å². The zero-order chi connectivity index (χ0) is 23.4. The Morgan fingerprint density at radius 2 is 1.72 bits per heavy atom. The molecule has 1 heterocycles. The molecular weight excluding hydrogens is 426 g/mol. The third-order valence-corrected chi connectivity index (χ3v) is 8.02. The summed E-state index contributed by atoms with van der Waals surface area (Å²) in [6.45, 7) is 7.77. The average Bonchev–Trinajstić information content (AvgIpc) is 2.80. The number of rotatable bonds is 8. The molecular formula is C24H33N3O4S. The van der Waals surface area contributed by atoms with E-state index < -0.39 is 15.6 Å². The summed E-state index contributed by atoms with van der Waals surface area (Å²) < 4.78 is 27.9. The Kier molecular flexibility index (Phi) is 7.71. The SMILES string of the molecule is CC[C@@H](CO)N1CCN(S(=O)(=O)c2cccc(C(=O)NC(C)(C)c3ccccc3)c2)CC1.